The third-order valence-electron chi connectivity index (χ3n) is 0.749. The molecule has 18 heavy (non-hydrogen) atoms. The zero-order valence-electron chi connectivity index (χ0n) is 11.3. The summed E-state index contributed by atoms with van der Waals surface area (Å²) < 4.78 is 34.0. The van der Waals surface area contributed by atoms with E-state index in [0.29, 0.717) is 5.57 Å². The van der Waals surface area contributed by atoms with Gasteiger partial charge in [-0.05, 0) is 28.1 Å². The minimum atomic E-state index is -4.16. The predicted molar refractivity (Wildman–Crippen MR) is 69.3 cm³/mol. The van der Waals surface area contributed by atoms with Gasteiger partial charge in [0.1, 0.15) is 0 Å². The Hall–Kier alpha value is -1.22. The maximum atomic E-state index is 10.3. The van der Waals surface area contributed by atoms with E-state index in [1.54, 1.807) is 6.92 Å². The second-order valence-electron chi connectivity index (χ2n) is 3.29. The van der Waals surface area contributed by atoms with Gasteiger partial charge in [0.2, 0.25) is 0 Å². The Morgan fingerprint density at radius 3 is 1.67 bits per heavy atom. The topological polar surface area (TPSA) is 93.1 Å². The number of hydrogen-bond donors (Lipinski definition) is 1. The Kier molecular flexibility index (Phi) is 15.0. The first-order valence-corrected chi connectivity index (χ1v) is 5.95. The number of rotatable bonds is 3. The van der Waals surface area contributed by atoms with Gasteiger partial charge in [0, 0.05) is 5.57 Å². The van der Waals surface area contributed by atoms with E-state index in [0.717, 1.165) is 13.4 Å². The lowest BCUT2D eigenvalue weighted by Crippen LogP contribution is -1.99. The molecule has 0 aliphatic heterocycles. The molecule has 0 fully saturated rings. The zero-order chi connectivity index (χ0) is 15.4. The molecule has 0 aromatic rings. The molecule has 0 atom stereocenters. The lowest BCUT2D eigenvalue weighted by molar-refractivity contribution is -0.133. The monoisotopic (exact) mass is 283 g/mol. The summed E-state index contributed by atoms with van der Waals surface area (Å²) in [6.07, 6.45) is 1.08. The van der Waals surface area contributed by atoms with Crippen LogP contribution in [-0.2, 0) is 24.1 Å². The summed E-state index contributed by atoms with van der Waals surface area (Å²) in [6.45, 7) is 8.13. The van der Waals surface area contributed by atoms with Gasteiger partial charge in [0.05, 0.1) is 13.4 Å². The van der Waals surface area contributed by atoms with Gasteiger partial charge in [-0.3, -0.25) is 8.74 Å². The molecule has 7 nitrogen and oxygen atoms in total. The molecule has 0 aliphatic rings. The van der Waals surface area contributed by atoms with Crippen LogP contribution in [0.5, 0.6) is 0 Å². The normalized spacial score (nSPS) is 9.28. The molecule has 0 heterocycles. The van der Waals surface area contributed by atoms with Gasteiger partial charge in [-0.2, -0.15) is 8.42 Å². The number of ether oxygens (including phenoxy) is 1. The Morgan fingerprint density at radius 1 is 1.33 bits per heavy atom. The van der Waals surface area contributed by atoms with Crippen LogP contribution in [0, 0.1) is 0 Å². The van der Waals surface area contributed by atoms with Crippen molar-refractivity contribution in [3.05, 3.63) is 25.0 Å². The van der Waals surface area contributed by atoms with E-state index < -0.39 is 16.4 Å². The van der Waals surface area contributed by atoms with Crippen LogP contribution in [0.25, 0.3) is 0 Å². The molecule has 0 aromatic carbocycles. The van der Waals surface area contributed by atoms with E-state index in [9.17, 15) is 13.2 Å². The second-order valence-corrected chi connectivity index (χ2v) is 4.48. The van der Waals surface area contributed by atoms with Crippen molar-refractivity contribution >= 4 is 16.4 Å². The molecular formula is C10H21NO6S. The van der Waals surface area contributed by atoms with E-state index in [4.69, 9.17) is 4.55 Å². The molecular weight excluding hydrogens is 262 g/mol. The largest absolute Gasteiger partial charge is 0.432 e. The fraction of sp³-hybridized carbons (Fsp3) is 0.500. The van der Waals surface area contributed by atoms with Crippen LogP contribution >= 0.6 is 0 Å². The molecule has 108 valence electrons. The molecule has 1 N–H and O–H groups in total. The minimum absolute atomic E-state index is 0.380. The van der Waals surface area contributed by atoms with E-state index in [1.807, 2.05) is 26.0 Å². The summed E-state index contributed by atoms with van der Waals surface area (Å²) in [4.78, 5) is 12.3. The number of nitrogens with zero attached hydrogens (tertiary/aromatic N) is 1. The van der Waals surface area contributed by atoms with Gasteiger partial charge in [-0.15, -0.1) is 0 Å². The Morgan fingerprint density at radius 2 is 1.61 bits per heavy atom. The molecule has 8 heteroatoms. The van der Waals surface area contributed by atoms with Crippen molar-refractivity contribution in [3.8, 4) is 0 Å². The summed E-state index contributed by atoms with van der Waals surface area (Å²) >= 11 is 0. The number of carbonyl (C=O) groups excluding carboxylic acids is 1. The van der Waals surface area contributed by atoms with Crippen molar-refractivity contribution in [2.75, 3.05) is 28.3 Å². The molecule has 0 bridgehead atoms. The van der Waals surface area contributed by atoms with E-state index >= 15 is 0 Å². The molecule has 0 unspecified atom stereocenters. The summed E-state index contributed by atoms with van der Waals surface area (Å²) in [5.41, 5.74) is 0.380. The molecule has 0 aromatic heterocycles. The quantitative estimate of drug-likeness (QED) is 0.355. The average molecular weight is 283 g/mol. The molecule has 0 amide bonds. The number of hydrogen-bond acceptors (Lipinski definition) is 6. The van der Waals surface area contributed by atoms with Gasteiger partial charge in [0.25, 0.3) is 0 Å². The van der Waals surface area contributed by atoms with Gasteiger partial charge in [-0.1, -0.05) is 13.2 Å². The molecule has 0 aliphatic carbocycles. The third kappa shape index (κ3) is 36.4. The van der Waals surface area contributed by atoms with Crippen molar-refractivity contribution in [3.63, 3.8) is 0 Å². The first-order chi connectivity index (χ1) is 7.97. The second kappa shape index (κ2) is 12.2. The summed E-state index contributed by atoms with van der Waals surface area (Å²) in [5, 5.41) is 0. The zero-order valence-corrected chi connectivity index (χ0v) is 12.2. The van der Waals surface area contributed by atoms with Gasteiger partial charge >= 0.3 is 16.4 Å². The summed E-state index contributed by atoms with van der Waals surface area (Å²) in [6, 6.07) is 0. The smallest absolute Gasteiger partial charge is 0.397 e. The first kappa shape index (κ1) is 22.0. The Balaban J connectivity index is -0.000000200. The molecule has 0 saturated heterocycles. The van der Waals surface area contributed by atoms with E-state index in [1.165, 1.54) is 0 Å². The first-order valence-electron chi connectivity index (χ1n) is 4.59. The van der Waals surface area contributed by atoms with Gasteiger partial charge in [-0.25, -0.2) is 4.79 Å². The highest BCUT2D eigenvalue weighted by Gasteiger charge is 1.97. The SMILES string of the molecule is C=COC(=O)C(=C)C.CN(C)C.COS(=O)(=O)O. The van der Waals surface area contributed by atoms with Crippen molar-refractivity contribution in [2.45, 2.75) is 6.92 Å². The fourth-order valence-corrected chi connectivity index (χ4v) is 0.176. The van der Waals surface area contributed by atoms with Crippen LogP contribution in [0.2, 0.25) is 0 Å². The van der Waals surface area contributed by atoms with Crippen LogP contribution in [0.4, 0.5) is 0 Å². The van der Waals surface area contributed by atoms with Crippen molar-refractivity contribution in [1.29, 1.82) is 0 Å². The fourth-order valence-electron chi connectivity index (χ4n) is 0.176. The molecule has 0 rings (SSSR count). The average Bonchev–Trinajstić information content (AvgIpc) is 2.17. The van der Waals surface area contributed by atoms with Crippen LogP contribution in [0.1, 0.15) is 6.92 Å². The van der Waals surface area contributed by atoms with Crippen LogP contribution in [0.15, 0.2) is 25.0 Å². The molecule has 0 saturated carbocycles. The predicted octanol–water partition coefficient (Wildman–Crippen LogP) is 0.863. The van der Waals surface area contributed by atoms with Crippen LogP contribution < -0.4 is 0 Å². The highest BCUT2D eigenvalue weighted by Crippen LogP contribution is 1.90. The van der Waals surface area contributed by atoms with E-state index in [-0.39, 0.29) is 0 Å². The number of carbonyl (C=O) groups is 1. The maximum absolute atomic E-state index is 10.3. The Labute approximate surface area is 109 Å². The van der Waals surface area contributed by atoms with Gasteiger partial charge in [0.15, 0.2) is 0 Å². The van der Waals surface area contributed by atoms with Crippen molar-refractivity contribution < 1.29 is 26.7 Å². The van der Waals surface area contributed by atoms with Crippen molar-refractivity contribution in [2.24, 2.45) is 0 Å². The highest BCUT2D eigenvalue weighted by molar-refractivity contribution is 7.80. The molecule has 0 radical (unpaired) electrons. The highest BCUT2D eigenvalue weighted by atomic mass is 32.3. The lowest BCUT2D eigenvalue weighted by Gasteiger charge is -1.92. The minimum Gasteiger partial charge on any atom is -0.432 e. The summed E-state index contributed by atoms with van der Waals surface area (Å²) in [5.74, 6) is -0.431. The van der Waals surface area contributed by atoms with E-state index in [2.05, 4.69) is 22.1 Å². The van der Waals surface area contributed by atoms with Crippen LogP contribution in [0.3, 0.4) is 0 Å². The van der Waals surface area contributed by atoms with Gasteiger partial charge < -0.3 is 9.64 Å². The summed E-state index contributed by atoms with van der Waals surface area (Å²) in [7, 11) is 2.71. The van der Waals surface area contributed by atoms with Crippen LogP contribution in [-0.4, -0.2) is 52.1 Å². The number of esters is 1. The van der Waals surface area contributed by atoms with Crippen molar-refractivity contribution in [1.82, 2.24) is 4.90 Å². The third-order valence-corrected chi connectivity index (χ3v) is 1.17. The molecule has 0 spiro atoms. The standard InChI is InChI=1S/C6H8O2.C3H9N.CH4O4S/c1-4-8-6(7)5(2)3;1-4(2)3;1-5-6(2,3)4/h4H,1-2H2,3H3;1-3H3;1H3,(H,2,3,4). The maximum Gasteiger partial charge on any atom is 0.397 e. The Bertz CT molecular complexity index is 345. The lowest BCUT2D eigenvalue weighted by atomic mass is 10.4.